The molecule has 0 aromatic heterocycles. The number of thioether (sulfide) groups is 2. The number of hydrogen-bond acceptors (Lipinski definition) is 5. The van der Waals surface area contributed by atoms with Gasteiger partial charge in [0.25, 0.3) is 0 Å². The first-order valence-electron chi connectivity index (χ1n) is 8.31. The van der Waals surface area contributed by atoms with E-state index in [1.165, 1.54) is 18.6 Å². The summed E-state index contributed by atoms with van der Waals surface area (Å²) in [5.74, 6) is 3.88. The van der Waals surface area contributed by atoms with E-state index < -0.39 is 10.0 Å². The molecule has 0 aromatic carbocycles. The van der Waals surface area contributed by atoms with Crippen molar-refractivity contribution in [2.75, 3.05) is 55.7 Å². The molecule has 2 N–H and O–H groups in total. The van der Waals surface area contributed by atoms with E-state index in [-0.39, 0.29) is 29.7 Å². The lowest BCUT2D eigenvalue weighted by molar-refractivity contribution is 0.443. The van der Waals surface area contributed by atoms with E-state index in [9.17, 15) is 8.42 Å². The van der Waals surface area contributed by atoms with Crippen molar-refractivity contribution in [3.8, 4) is 0 Å². The number of hydrogen-bond donors (Lipinski definition) is 2. The Labute approximate surface area is 171 Å². The molecule has 0 spiro atoms. The molecular formula is C14H29IN4O2S3. The Kier molecular flexibility index (Phi) is 11.4. The van der Waals surface area contributed by atoms with Crippen molar-refractivity contribution < 1.29 is 8.42 Å². The second kappa shape index (κ2) is 12.1. The summed E-state index contributed by atoms with van der Waals surface area (Å²) >= 11 is 3.80. The van der Waals surface area contributed by atoms with Gasteiger partial charge in [-0.1, -0.05) is 0 Å². The van der Waals surface area contributed by atoms with E-state index in [2.05, 4.69) is 15.6 Å². The molecule has 2 rings (SSSR count). The quantitative estimate of drug-likeness (QED) is 0.308. The maximum absolute atomic E-state index is 12.3. The van der Waals surface area contributed by atoms with Crippen LogP contribution in [0.15, 0.2) is 4.99 Å². The van der Waals surface area contributed by atoms with E-state index in [1.54, 1.807) is 4.31 Å². The second-order valence-electron chi connectivity index (χ2n) is 5.61. The molecule has 0 bridgehead atoms. The lowest BCUT2D eigenvalue weighted by atomic mass is 10.2. The summed E-state index contributed by atoms with van der Waals surface area (Å²) in [6, 6.07) is 0. The highest BCUT2D eigenvalue weighted by Gasteiger charge is 2.23. The fourth-order valence-corrected chi connectivity index (χ4v) is 6.25. The standard InChI is InChI=1S/C14H28N4O2S3.HI/c1-2-15-14(17-12-13-4-3-8-22-13)16-5-11-23(19,20)18-6-9-21-10-7-18;/h13H,2-12H2,1H3,(H2,15,16,17);1H. The van der Waals surface area contributed by atoms with E-state index >= 15 is 0 Å². The third-order valence-corrected chi connectivity index (χ3v) is 8.03. The normalized spacial score (nSPS) is 22.9. The second-order valence-corrected chi connectivity index (χ2v) is 10.3. The molecule has 2 fully saturated rings. The summed E-state index contributed by atoms with van der Waals surface area (Å²) in [6.07, 6.45) is 2.51. The molecule has 1 unspecified atom stereocenters. The Balaban J connectivity index is 0.00000288. The van der Waals surface area contributed by atoms with Crippen LogP contribution in [-0.2, 0) is 10.0 Å². The van der Waals surface area contributed by atoms with Crippen molar-refractivity contribution in [3.05, 3.63) is 0 Å². The first-order valence-corrected chi connectivity index (χ1v) is 12.1. The maximum atomic E-state index is 12.3. The van der Waals surface area contributed by atoms with Crippen molar-refractivity contribution in [1.29, 1.82) is 0 Å². The third kappa shape index (κ3) is 7.88. The fraction of sp³-hybridized carbons (Fsp3) is 0.929. The van der Waals surface area contributed by atoms with Gasteiger partial charge in [-0.25, -0.2) is 12.7 Å². The molecule has 6 nitrogen and oxygen atoms in total. The van der Waals surface area contributed by atoms with Gasteiger partial charge < -0.3 is 10.6 Å². The van der Waals surface area contributed by atoms with Gasteiger partial charge in [-0.3, -0.25) is 4.99 Å². The van der Waals surface area contributed by atoms with Gasteiger partial charge in [-0.2, -0.15) is 23.5 Å². The molecule has 24 heavy (non-hydrogen) atoms. The van der Waals surface area contributed by atoms with Crippen molar-refractivity contribution in [2.24, 2.45) is 4.99 Å². The molecule has 2 aliphatic rings. The van der Waals surface area contributed by atoms with Crippen LogP contribution in [0, 0.1) is 0 Å². The number of nitrogens with zero attached hydrogens (tertiary/aromatic N) is 2. The number of aliphatic imine (C=N–C) groups is 1. The number of rotatable bonds is 7. The van der Waals surface area contributed by atoms with E-state index in [0.29, 0.717) is 24.9 Å². The van der Waals surface area contributed by atoms with E-state index in [4.69, 9.17) is 0 Å². The lowest BCUT2D eigenvalue weighted by Gasteiger charge is -2.25. The first-order chi connectivity index (χ1) is 11.1. The molecule has 10 heteroatoms. The van der Waals surface area contributed by atoms with Crippen LogP contribution in [0.5, 0.6) is 0 Å². The average molecular weight is 509 g/mol. The first kappa shape index (κ1) is 22.7. The Morgan fingerprint density at radius 1 is 1.25 bits per heavy atom. The van der Waals surface area contributed by atoms with Gasteiger partial charge in [0.1, 0.15) is 0 Å². The lowest BCUT2D eigenvalue weighted by Crippen LogP contribution is -2.44. The van der Waals surface area contributed by atoms with Crippen LogP contribution in [0.25, 0.3) is 0 Å². The van der Waals surface area contributed by atoms with Gasteiger partial charge in [-0.05, 0) is 25.5 Å². The Morgan fingerprint density at radius 3 is 2.62 bits per heavy atom. The summed E-state index contributed by atoms with van der Waals surface area (Å²) in [5, 5.41) is 6.96. The SMILES string of the molecule is CCNC(=NCC1CCCS1)NCCS(=O)(=O)N1CCSCC1.I. The minimum Gasteiger partial charge on any atom is -0.357 e. The largest absolute Gasteiger partial charge is 0.357 e. The molecule has 0 radical (unpaired) electrons. The number of sulfonamides is 1. The molecule has 2 aliphatic heterocycles. The highest BCUT2D eigenvalue weighted by Crippen LogP contribution is 2.25. The molecule has 1 atom stereocenters. The predicted molar refractivity (Wildman–Crippen MR) is 118 cm³/mol. The smallest absolute Gasteiger partial charge is 0.215 e. The molecule has 142 valence electrons. The monoisotopic (exact) mass is 508 g/mol. The van der Waals surface area contributed by atoms with Crippen molar-refractivity contribution in [2.45, 2.75) is 25.0 Å². The number of nitrogens with one attached hydrogen (secondary N) is 2. The van der Waals surface area contributed by atoms with Gasteiger partial charge in [-0.15, -0.1) is 24.0 Å². The summed E-state index contributed by atoms with van der Waals surface area (Å²) < 4.78 is 26.2. The third-order valence-electron chi connectivity index (χ3n) is 3.84. The predicted octanol–water partition coefficient (Wildman–Crippen LogP) is 1.43. The van der Waals surface area contributed by atoms with Crippen molar-refractivity contribution in [1.82, 2.24) is 14.9 Å². The minimum absolute atomic E-state index is 0. The maximum Gasteiger partial charge on any atom is 0.215 e. The summed E-state index contributed by atoms with van der Waals surface area (Å²) in [5.41, 5.74) is 0. The number of guanidine groups is 1. The van der Waals surface area contributed by atoms with E-state index in [0.717, 1.165) is 30.6 Å². The van der Waals surface area contributed by atoms with E-state index in [1.807, 2.05) is 30.4 Å². The zero-order valence-corrected chi connectivity index (χ0v) is 19.0. The Morgan fingerprint density at radius 2 is 2.00 bits per heavy atom. The van der Waals surface area contributed by atoms with Crippen LogP contribution in [0.1, 0.15) is 19.8 Å². The molecule has 0 saturated carbocycles. The molecule has 2 heterocycles. The summed E-state index contributed by atoms with van der Waals surface area (Å²) in [4.78, 5) is 4.59. The van der Waals surface area contributed by atoms with Gasteiger partial charge >= 0.3 is 0 Å². The van der Waals surface area contributed by atoms with Crippen molar-refractivity contribution in [3.63, 3.8) is 0 Å². The van der Waals surface area contributed by atoms with Crippen LogP contribution < -0.4 is 10.6 Å². The summed E-state index contributed by atoms with van der Waals surface area (Å²) in [7, 11) is -3.15. The highest BCUT2D eigenvalue weighted by molar-refractivity contribution is 14.0. The summed E-state index contributed by atoms with van der Waals surface area (Å²) in [6.45, 7) is 5.27. The van der Waals surface area contributed by atoms with Gasteiger partial charge in [0, 0.05) is 42.9 Å². The Hall–Kier alpha value is 0.610. The topological polar surface area (TPSA) is 73.8 Å². The zero-order valence-electron chi connectivity index (χ0n) is 14.2. The van der Waals surface area contributed by atoms with Gasteiger partial charge in [0.05, 0.1) is 12.3 Å². The molecule has 0 aliphatic carbocycles. The highest BCUT2D eigenvalue weighted by atomic mass is 127. The molecule has 0 amide bonds. The van der Waals surface area contributed by atoms with Crippen LogP contribution in [-0.4, -0.2) is 79.7 Å². The molecule has 2 saturated heterocycles. The molecule has 0 aromatic rings. The van der Waals surface area contributed by atoms with Crippen LogP contribution in [0.3, 0.4) is 0 Å². The van der Waals surface area contributed by atoms with Crippen molar-refractivity contribution >= 4 is 63.5 Å². The van der Waals surface area contributed by atoms with Crippen LogP contribution in [0.2, 0.25) is 0 Å². The fourth-order valence-electron chi connectivity index (χ4n) is 2.58. The minimum atomic E-state index is -3.15. The number of halogens is 1. The van der Waals surface area contributed by atoms with Gasteiger partial charge in [0.15, 0.2) is 5.96 Å². The average Bonchev–Trinajstić information content (AvgIpc) is 3.07. The molecular weight excluding hydrogens is 479 g/mol. The van der Waals surface area contributed by atoms with Crippen LogP contribution >= 0.6 is 47.5 Å². The van der Waals surface area contributed by atoms with Crippen LogP contribution in [0.4, 0.5) is 0 Å². The Bertz CT molecular complexity index is 478. The van der Waals surface area contributed by atoms with Gasteiger partial charge in [0.2, 0.25) is 10.0 Å². The zero-order chi connectivity index (χ0) is 16.5.